The highest BCUT2D eigenvalue weighted by Gasteiger charge is 2.30. The van der Waals surface area contributed by atoms with Gasteiger partial charge in [-0.25, -0.2) is 4.57 Å². The molecule has 9 nitrogen and oxygen atoms in total. The number of esters is 1. The third-order valence-corrected chi connectivity index (χ3v) is 13.1. The minimum Gasteiger partial charge on any atom is -0.456 e. The number of quaternary nitrogens is 1. The van der Waals surface area contributed by atoms with Crippen LogP contribution in [0.2, 0.25) is 0 Å². The van der Waals surface area contributed by atoms with Gasteiger partial charge >= 0.3 is 13.8 Å². The highest BCUT2D eigenvalue weighted by molar-refractivity contribution is 7.47. The Hall–Kier alpha value is -2.81. The maximum absolute atomic E-state index is 13.4. The molecule has 0 aliphatic carbocycles. The Bertz CT molecular complexity index is 1480. The Labute approximate surface area is 431 Å². The van der Waals surface area contributed by atoms with Crippen LogP contribution in [-0.4, -0.2) is 74.3 Å². The van der Waals surface area contributed by atoms with Crippen molar-refractivity contribution >= 4 is 19.7 Å². The van der Waals surface area contributed by atoms with Gasteiger partial charge in [0.05, 0.1) is 33.8 Å². The number of amides is 1. The van der Waals surface area contributed by atoms with Gasteiger partial charge in [0.2, 0.25) is 5.91 Å². The van der Waals surface area contributed by atoms with Gasteiger partial charge in [-0.3, -0.25) is 18.6 Å². The fourth-order valence-electron chi connectivity index (χ4n) is 7.71. The Morgan fingerprint density at radius 3 is 1.39 bits per heavy atom. The second-order valence-corrected chi connectivity index (χ2v) is 21.5. The molecule has 10 heteroatoms. The van der Waals surface area contributed by atoms with Gasteiger partial charge in [0.25, 0.3) is 0 Å². The molecule has 0 heterocycles. The highest BCUT2D eigenvalue weighted by atomic mass is 31.2. The normalized spacial score (nSPS) is 14.4. The maximum atomic E-state index is 13.4. The molecule has 0 aromatic rings. The van der Waals surface area contributed by atoms with Gasteiger partial charge in [-0.05, 0) is 83.1 Å². The second kappa shape index (κ2) is 49.8. The lowest BCUT2D eigenvalue weighted by Gasteiger charge is -2.27. The van der Waals surface area contributed by atoms with Crippen molar-refractivity contribution < 1.29 is 37.3 Å². The van der Waals surface area contributed by atoms with Crippen molar-refractivity contribution in [3.63, 3.8) is 0 Å². The van der Waals surface area contributed by atoms with Gasteiger partial charge in [-0.15, -0.1) is 0 Å². The molecule has 3 unspecified atom stereocenters. The molecule has 0 saturated heterocycles. The summed E-state index contributed by atoms with van der Waals surface area (Å²) in [7, 11) is 1.46. The molecule has 0 aromatic heterocycles. The van der Waals surface area contributed by atoms with Gasteiger partial charge < -0.3 is 19.4 Å². The van der Waals surface area contributed by atoms with E-state index in [-0.39, 0.29) is 31.5 Å². The van der Waals surface area contributed by atoms with Gasteiger partial charge in [0, 0.05) is 12.8 Å². The first-order valence-corrected chi connectivity index (χ1v) is 29.9. The number of rotatable bonds is 50. The van der Waals surface area contributed by atoms with Crippen molar-refractivity contribution in [2.75, 3.05) is 40.9 Å². The molecule has 1 amide bonds. The van der Waals surface area contributed by atoms with Crippen LogP contribution < -0.4 is 5.32 Å². The molecule has 0 radical (unpaired) electrons. The van der Waals surface area contributed by atoms with Crippen molar-refractivity contribution in [3.05, 3.63) is 85.1 Å². The molecule has 2 N–H and O–H groups in total. The van der Waals surface area contributed by atoms with Crippen molar-refractivity contribution in [1.29, 1.82) is 0 Å². The predicted molar refractivity (Wildman–Crippen MR) is 300 cm³/mol. The summed E-state index contributed by atoms with van der Waals surface area (Å²) in [6.07, 6.45) is 64.4. The second-order valence-electron chi connectivity index (χ2n) is 20.1. The zero-order valence-electron chi connectivity index (χ0n) is 46.0. The number of likely N-dealkylation sites (N-methyl/N-ethyl adjacent to an activating group) is 1. The smallest absolute Gasteiger partial charge is 0.456 e. The van der Waals surface area contributed by atoms with Crippen LogP contribution in [0.3, 0.4) is 0 Å². The molecule has 0 aromatic carbocycles. The number of allylic oxidation sites excluding steroid dienone is 13. The fraction of sp³-hybridized carbons (Fsp3) is 0.733. The number of ether oxygens (including phenoxy) is 1. The van der Waals surface area contributed by atoms with E-state index in [9.17, 15) is 19.0 Å². The molecule has 0 fully saturated rings. The maximum Gasteiger partial charge on any atom is 0.472 e. The average Bonchev–Trinajstić information content (AvgIpc) is 3.32. The molecule has 0 rings (SSSR count). The summed E-state index contributed by atoms with van der Waals surface area (Å²) in [6, 6.07) is -0.866. The zero-order chi connectivity index (χ0) is 51.5. The average molecular weight is 1000 g/mol. The van der Waals surface area contributed by atoms with Crippen LogP contribution in [0.1, 0.15) is 233 Å². The van der Waals surface area contributed by atoms with E-state index in [2.05, 4.69) is 99.0 Å². The molecular formula is C60H108N2O7P+. The van der Waals surface area contributed by atoms with Crippen molar-refractivity contribution in [2.45, 2.75) is 245 Å². The minimum absolute atomic E-state index is 0.0307. The van der Waals surface area contributed by atoms with Gasteiger partial charge in [-0.1, -0.05) is 222 Å². The molecular weight excluding hydrogens is 892 g/mol. The van der Waals surface area contributed by atoms with E-state index in [1.807, 2.05) is 33.3 Å². The van der Waals surface area contributed by atoms with Crippen LogP contribution >= 0.6 is 7.82 Å². The lowest BCUT2D eigenvalue weighted by atomic mass is 10.0. The summed E-state index contributed by atoms with van der Waals surface area (Å²) >= 11 is 0. The van der Waals surface area contributed by atoms with Crippen LogP contribution in [0.15, 0.2) is 85.1 Å². The molecule has 0 bridgehead atoms. The Morgan fingerprint density at radius 2 is 0.914 bits per heavy atom. The molecule has 404 valence electrons. The van der Waals surface area contributed by atoms with E-state index < -0.39 is 20.0 Å². The van der Waals surface area contributed by atoms with E-state index >= 15 is 0 Å². The number of hydrogen-bond acceptors (Lipinski definition) is 6. The molecule has 0 aliphatic heterocycles. The van der Waals surface area contributed by atoms with Crippen LogP contribution in [0.25, 0.3) is 0 Å². The fourth-order valence-corrected chi connectivity index (χ4v) is 8.44. The third-order valence-electron chi connectivity index (χ3n) is 12.1. The van der Waals surface area contributed by atoms with Crippen LogP contribution in [-0.2, 0) is 27.9 Å². The first kappa shape index (κ1) is 67.2. The van der Waals surface area contributed by atoms with Crippen molar-refractivity contribution in [3.8, 4) is 0 Å². The zero-order valence-corrected chi connectivity index (χ0v) is 46.9. The van der Waals surface area contributed by atoms with Gasteiger partial charge in [0.15, 0.2) is 0 Å². The van der Waals surface area contributed by atoms with Gasteiger partial charge in [0.1, 0.15) is 19.3 Å². The number of nitrogens with one attached hydrogen (secondary N) is 1. The summed E-state index contributed by atoms with van der Waals surface area (Å²) in [5, 5.41) is 3.03. The Morgan fingerprint density at radius 1 is 0.514 bits per heavy atom. The monoisotopic (exact) mass is 1000 g/mol. The molecule has 0 saturated carbocycles. The highest BCUT2D eigenvalue weighted by Crippen LogP contribution is 2.43. The Balaban J connectivity index is 5.38. The number of unbranched alkanes of at least 4 members (excludes halogenated alkanes) is 22. The predicted octanol–water partition coefficient (Wildman–Crippen LogP) is 17.0. The number of phosphoric ester groups is 1. The molecule has 0 aliphatic rings. The van der Waals surface area contributed by atoms with Crippen LogP contribution in [0, 0.1) is 0 Å². The van der Waals surface area contributed by atoms with E-state index in [1.54, 1.807) is 0 Å². The number of carbonyl (C=O) groups is 2. The number of hydrogen-bond donors (Lipinski definition) is 2. The standard InChI is InChI=1S/C60H107N2O7P/c1-7-10-13-16-19-22-25-27-28-29-30-31-32-33-34-35-38-41-44-47-50-53-60(64)69-58(51-48-45-42-39-37-26-23-20-17-14-11-8-2)57(56-68-70(65,66)67-55-54-62(4,5)6)61-59(63)52-49-46-43-40-36-24-21-18-15-12-9-3/h10,13,19,22,27-28,30-31,33-34,38,41,48,51,57-58H,7-9,11-12,14-18,20-21,23-26,29,32,35-37,39-40,42-47,49-50,52-56H2,1-6H3,(H-,61,63,65,66)/p+1/b13-10-,22-19-,28-27-,31-30-,34-33-,41-38-,51-48+. The summed E-state index contributed by atoms with van der Waals surface area (Å²) in [4.78, 5) is 37.5. The number of carbonyl (C=O) groups excluding carboxylic acids is 2. The number of phosphoric acid groups is 1. The van der Waals surface area contributed by atoms with Crippen molar-refractivity contribution in [2.24, 2.45) is 0 Å². The quantitative estimate of drug-likeness (QED) is 0.0205. The molecule has 3 atom stereocenters. The van der Waals surface area contributed by atoms with E-state index in [1.165, 1.54) is 103 Å². The van der Waals surface area contributed by atoms with E-state index in [0.29, 0.717) is 23.9 Å². The first-order chi connectivity index (χ1) is 33.9. The van der Waals surface area contributed by atoms with Gasteiger partial charge in [-0.2, -0.15) is 0 Å². The van der Waals surface area contributed by atoms with Crippen LogP contribution in [0.5, 0.6) is 0 Å². The summed E-state index contributed by atoms with van der Waals surface area (Å²) in [6.45, 7) is 6.85. The molecule has 0 spiro atoms. The van der Waals surface area contributed by atoms with E-state index in [4.69, 9.17) is 13.8 Å². The molecule has 70 heavy (non-hydrogen) atoms. The van der Waals surface area contributed by atoms with Crippen LogP contribution in [0.4, 0.5) is 0 Å². The lowest BCUT2D eigenvalue weighted by Crippen LogP contribution is -2.47. The SMILES string of the molecule is CC/C=C\C/C=C\C/C=C\C/C=C\C/C=C\C/C=C\CCCCC(=O)OC(/C=C/CCCCCCCCCCCC)C(COP(=O)(O)OCC[N+](C)(C)C)NC(=O)CCCCCCCCCCCCC. The summed E-state index contributed by atoms with van der Waals surface area (Å²) in [5.74, 6) is -0.559. The summed E-state index contributed by atoms with van der Waals surface area (Å²) < 4.78 is 30.5. The minimum atomic E-state index is -4.45. The van der Waals surface area contributed by atoms with Crippen molar-refractivity contribution in [1.82, 2.24) is 5.32 Å². The van der Waals surface area contributed by atoms with E-state index in [0.717, 1.165) is 89.9 Å². The largest absolute Gasteiger partial charge is 0.472 e. The lowest BCUT2D eigenvalue weighted by molar-refractivity contribution is -0.870. The topological polar surface area (TPSA) is 111 Å². The summed E-state index contributed by atoms with van der Waals surface area (Å²) in [5.41, 5.74) is 0. The first-order valence-electron chi connectivity index (χ1n) is 28.4. The number of nitrogens with zero attached hydrogens (tertiary/aromatic N) is 1. The Kier molecular flexibility index (Phi) is 47.8. The third kappa shape index (κ3) is 50.1.